The van der Waals surface area contributed by atoms with Gasteiger partial charge in [-0.15, -0.1) is 0 Å². The monoisotopic (exact) mass is 227 g/mol. The van der Waals surface area contributed by atoms with Gasteiger partial charge in [-0.1, -0.05) is 0 Å². The van der Waals surface area contributed by atoms with Crippen molar-refractivity contribution in [1.82, 2.24) is 4.90 Å². The average molecular weight is 228 g/mol. The van der Waals surface area contributed by atoms with E-state index >= 15 is 0 Å². The summed E-state index contributed by atoms with van der Waals surface area (Å²) >= 11 is 3.32. The van der Waals surface area contributed by atoms with E-state index in [1.807, 2.05) is 11.9 Å². The van der Waals surface area contributed by atoms with Crippen molar-refractivity contribution in [1.29, 1.82) is 0 Å². The molecule has 1 atom stereocenters. The van der Waals surface area contributed by atoms with Crippen molar-refractivity contribution in [2.24, 2.45) is 9.98 Å². The number of allylic oxidation sites excluding steroid dienone is 1. The SMILES string of the molecule is CN1C=NC2C(=O)N=CC(Br)=C21. The van der Waals surface area contributed by atoms with Crippen LogP contribution in [0.3, 0.4) is 0 Å². The van der Waals surface area contributed by atoms with Gasteiger partial charge in [0.1, 0.15) is 0 Å². The standard InChI is InChI=1S/C7H6BrN3O/c1-11-3-10-5-6(11)4(8)2-9-7(5)12/h2-3,5H,1H3. The molecule has 0 N–H and O–H groups in total. The molecule has 1 amide bonds. The molecule has 12 heavy (non-hydrogen) atoms. The summed E-state index contributed by atoms with van der Waals surface area (Å²) in [4.78, 5) is 20.7. The highest BCUT2D eigenvalue weighted by Gasteiger charge is 2.32. The lowest BCUT2D eigenvalue weighted by molar-refractivity contribution is -0.118. The molecule has 2 heterocycles. The zero-order chi connectivity index (χ0) is 8.72. The van der Waals surface area contributed by atoms with E-state index in [0.29, 0.717) is 0 Å². The minimum atomic E-state index is -0.422. The van der Waals surface area contributed by atoms with Crippen molar-refractivity contribution < 1.29 is 4.79 Å². The number of nitrogens with zero attached hydrogens (tertiary/aromatic N) is 3. The van der Waals surface area contributed by atoms with E-state index in [1.54, 1.807) is 6.34 Å². The average Bonchev–Trinajstić information content (AvgIpc) is 2.42. The van der Waals surface area contributed by atoms with Gasteiger partial charge in [0.2, 0.25) is 0 Å². The van der Waals surface area contributed by atoms with Crippen LogP contribution in [0.2, 0.25) is 0 Å². The van der Waals surface area contributed by atoms with E-state index in [-0.39, 0.29) is 5.91 Å². The number of hydrogen-bond acceptors (Lipinski definition) is 3. The van der Waals surface area contributed by atoms with Crippen molar-refractivity contribution in [2.75, 3.05) is 7.05 Å². The molecule has 0 spiro atoms. The minimum absolute atomic E-state index is 0.200. The van der Waals surface area contributed by atoms with Gasteiger partial charge in [0.15, 0.2) is 6.04 Å². The molecule has 5 heteroatoms. The fraction of sp³-hybridized carbons (Fsp3) is 0.286. The van der Waals surface area contributed by atoms with Crippen LogP contribution in [-0.2, 0) is 4.79 Å². The summed E-state index contributed by atoms with van der Waals surface area (Å²) in [6.45, 7) is 0. The number of carbonyl (C=O) groups is 1. The lowest BCUT2D eigenvalue weighted by Gasteiger charge is -2.17. The Morgan fingerprint density at radius 1 is 1.67 bits per heavy atom. The van der Waals surface area contributed by atoms with Crippen molar-refractivity contribution in [2.45, 2.75) is 6.04 Å². The zero-order valence-electron chi connectivity index (χ0n) is 6.36. The third-order valence-corrected chi connectivity index (χ3v) is 2.42. The maximum atomic E-state index is 11.2. The molecule has 2 aliphatic heterocycles. The van der Waals surface area contributed by atoms with Crippen LogP contribution in [-0.4, -0.2) is 36.4 Å². The predicted molar refractivity (Wildman–Crippen MR) is 49.5 cm³/mol. The number of likely N-dealkylation sites (N-methyl/N-ethyl adjacent to an activating group) is 1. The number of hydrogen-bond donors (Lipinski definition) is 0. The Kier molecular flexibility index (Phi) is 1.61. The molecule has 0 aromatic heterocycles. The number of carbonyl (C=O) groups excluding carboxylic acids is 1. The summed E-state index contributed by atoms with van der Waals surface area (Å²) in [6, 6.07) is -0.422. The second-order valence-corrected chi connectivity index (χ2v) is 3.46. The number of amides is 1. The Hall–Kier alpha value is -0.970. The Morgan fingerprint density at radius 2 is 2.42 bits per heavy atom. The molecule has 0 aliphatic carbocycles. The zero-order valence-corrected chi connectivity index (χ0v) is 7.95. The Bertz CT molecular complexity index is 332. The number of halogens is 1. The fourth-order valence-electron chi connectivity index (χ4n) is 1.23. The Morgan fingerprint density at radius 3 is 3.08 bits per heavy atom. The van der Waals surface area contributed by atoms with Crippen molar-refractivity contribution >= 4 is 34.4 Å². The van der Waals surface area contributed by atoms with Gasteiger partial charge in [0.05, 0.1) is 16.5 Å². The maximum absolute atomic E-state index is 11.2. The molecule has 62 valence electrons. The minimum Gasteiger partial charge on any atom is -0.336 e. The van der Waals surface area contributed by atoms with E-state index in [1.165, 1.54) is 6.21 Å². The second kappa shape index (κ2) is 2.52. The number of aliphatic imine (C=N–C) groups is 2. The Labute approximate surface area is 77.8 Å². The lowest BCUT2D eigenvalue weighted by atomic mass is 10.1. The largest absolute Gasteiger partial charge is 0.336 e. The highest BCUT2D eigenvalue weighted by molar-refractivity contribution is 9.12. The smallest absolute Gasteiger partial charge is 0.276 e. The van der Waals surface area contributed by atoms with Crippen LogP contribution in [0, 0.1) is 0 Å². The van der Waals surface area contributed by atoms with Gasteiger partial charge in [0.25, 0.3) is 5.91 Å². The highest BCUT2D eigenvalue weighted by atomic mass is 79.9. The van der Waals surface area contributed by atoms with Gasteiger partial charge in [-0.3, -0.25) is 9.79 Å². The van der Waals surface area contributed by atoms with Gasteiger partial charge >= 0.3 is 0 Å². The first-order chi connectivity index (χ1) is 5.70. The molecule has 0 aromatic rings. The van der Waals surface area contributed by atoms with Crippen LogP contribution in [0.1, 0.15) is 0 Å². The van der Waals surface area contributed by atoms with Crippen molar-refractivity contribution in [3.05, 3.63) is 10.2 Å². The van der Waals surface area contributed by atoms with Crippen LogP contribution >= 0.6 is 15.9 Å². The van der Waals surface area contributed by atoms with E-state index in [2.05, 4.69) is 25.9 Å². The summed E-state index contributed by atoms with van der Waals surface area (Å²) in [5.74, 6) is -0.200. The first-order valence-corrected chi connectivity index (χ1v) is 4.23. The second-order valence-electron chi connectivity index (χ2n) is 2.61. The number of rotatable bonds is 0. The van der Waals surface area contributed by atoms with Gasteiger partial charge < -0.3 is 4.90 Å². The van der Waals surface area contributed by atoms with Gasteiger partial charge in [-0.25, -0.2) is 4.99 Å². The molecule has 0 saturated carbocycles. The summed E-state index contributed by atoms with van der Waals surface area (Å²) in [6.07, 6.45) is 3.15. The molecule has 0 bridgehead atoms. The molecule has 1 unspecified atom stereocenters. The maximum Gasteiger partial charge on any atom is 0.276 e. The molecular formula is C7H6BrN3O. The topological polar surface area (TPSA) is 45.0 Å². The van der Waals surface area contributed by atoms with E-state index < -0.39 is 6.04 Å². The van der Waals surface area contributed by atoms with Crippen molar-refractivity contribution in [3.8, 4) is 0 Å². The molecule has 2 aliphatic rings. The lowest BCUT2D eigenvalue weighted by Crippen LogP contribution is -2.26. The highest BCUT2D eigenvalue weighted by Crippen LogP contribution is 2.26. The van der Waals surface area contributed by atoms with E-state index in [9.17, 15) is 4.79 Å². The summed E-state index contributed by atoms with van der Waals surface area (Å²) < 4.78 is 0.826. The van der Waals surface area contributed by atoms with Crippen LogP contribution in [0.15, 0.2) is 20.2 Å². The van der Waals surface area contributed by atoms with Crippen LogP contribution in [0.25, 0.3) is 0 Å². The van der Waals surface area contributed by atoms with E-state index in [0.717, 1.165) is 10.2 Å². The quantitative estimate of drug-likeness (QED) is 0.607. The number of dihydropyridines is 1. The van der Waals surface area contributed by atoms with Crippen LogP contribution in [0.5, 0.6) is 0 Å². The van der Waals surface area contributed by atoms with Gasteiger partial charge in [-0.05, 0) is 15.9 Å². The number of fused-ring (bicyclic) bond motifs is 1. The van der Waals surface area contributed by atoms with Crippen LogP contribution in [0.4, 0.5) is 0 Å². The molecule has 2 rings (SSSR count). The van der Waals surface area contributed by atoms with Crippen molar-refractivity contribution in [3.63, 3.8) is 0 Å². The van der Waals surface area contributed by atoms with Crippen LogP contribution < -0.4 is 0 Å². The first-order valence-electron chi connectivity index (χ1n) is 3.44. The normalized spacial score (nSPS) is 27.0. The molecular weight excluding hydrogens is 222 g/mol. The molecule has 0 radical (unpaired) electrons. The van der Waals surface area contributed by atoms with Gasteiger partial charge in [-0.2, -0.15) is 0 Å². The summed E-state index contributed by atoms with van der Waals surface area (Å²) in [5.41, 5.74) is 0.870. The third-order valence-electron chi connectivity index (χ3n) is 1.81. The predicted octanol–water partition coefficient (Wildman–Crippen LogP) is 0.546. The summed E-state index contributed by atoms with van der Waals surface area (Å²) in [5, 5.41) is 0. The summed E-state index contributed by atoms with van der Waals surface area (Å²) in [7, 11) is 1.85. The third kappa shape index (κ3) is 0.929. The fourth-order valence-corrected chi connectivity index (χ4v) is 1.83. The molecule has 4 nitrogen and oxygen atoms in total. The first kappa shape index (κ1) is 7.67. The molecule has 0 saturated heterocycles. The molecule has 0 aromatic carbocycles. The van der Waals surface area contributed by atoms with E-state index in [4.69, 9.17) is 0 Å². The van der Waals surface area contributed by atoms with Gasteiger partial charge in [0, 0.05) is 13.3 Å². The Balaban J connectivity index is 2.49. The molecule has 0 fully saturated rings.